The summed E-state index contributed by atoms with van der Waals surface area (Å²) in [7, 11) is 0. The van der Waals surface area contributed by atoms with Gasteiger partial charge in [0.1, 0.15) is 12.1 Å². The molecule has 9 nitrogen and oxygen atoms in total. The van der Waals surface area contributed by atoms with Crippen LogP contribution in [0.5, 0.6) is 0 Å². The average Bonchev–Trinajstić information content (AvgIpc) is 2.41. The molecule has 0 aliphatic carbocycles. The molecule has 2 amide bonds. The van der Waals surface area contributed by atoms with Crippen molar-refractivity contribution >= 4 is 36.4 Å². The third kappa shape index (κ3) is 8.41. The van der Waals surface area contributed by atoms with Crippen LogP contribution in [0.15, 0.2) is 0 Å². The number of carbonyl (C=O) groups is 4. The maximum atomic E-state index is 12.1. The van der Waals surface area contributed by atoms with Gasteiger partial charge in [-0.15, -0.1) is 0 Å². The highest BCUT2D eigenvalue weighted by Crippen LogP contribution is 2.05. The van der Waals surface area contributed by atoms with Crippen LogP contribution >= 0.6 is 12.6 Å². The predicted octanol–water partition coefficient (Wildman–Crippen LogP) is -1.18. The molecule has 0 bridgehead atoms. The first kappa shape index (κ1) is 21.2. The molecule has 23 heavy (non-hydrogen) atoms. The Morgan fingerprint density at radius 1 is 1.04 bits per heavy atom. The topological polar surface area (TPSA) is 159 Å². The Bertz CT molecular complexity index is 457. The Labute approximate surface area is 139 Å². The third-order valence-electron chi connectivity index (χ3n) is 2.87. The van der Waals surface area contributed by atoms with Gasteiger partial charge in [0.05, 0.1) is 12.5 Å². The molecule has 0 aliphatic heterocycles. The quantitative estimate of drug-likeness (QED) is 0.271. The molecule has 10 heteroatoms. The van der Waals surface area contributed by atoms with E-state index in [9.17, 15) is 19.2 Å². The van der Waals surface area contributed by atoms with Crippen molar-refractivity contribution < 1.29 is 29.4 Å². The summed E-state index contributed by atoms with van der Waals surface area (Å²) in [5.41, 5.74) is 5.39. The summed E-state index contributed by atoms with van der Waals surface area (Å²) in [6.45, 7) is 3.62. The lowest BCUT2D eigenvalue weighted by Gasteiger charge is -2.22. The number of amides is 2. The number of nitrogens with one attached hydrogen (secondary N) is 2. The molecule has 0 rings (SSSR count). The van der Waals surface area contributed by atoms with E-state index < -0.39 is 48.3 Å². The number of thiol groups is 1. The van der Waals surface area contributed by atoms with E-state index in [1.54, 1.807) is 0 Å². The van der Waals surface area contributed by atoms with Crippen molar-refractivity contribution in [2.45, 2.75) is 44.8 Å². The van der Waals surface area contributed by atoms with Gasteiger partial charge in [0, 0.05) is 5.75 Å². The molecule has 132 valence electrons. The minimum absolute atomic E-state index is 0.0458. The molecular formula is C13H23N3O6S. The van der Waals surface area contributed by atoms with Crippen LogP contribution in [0.2, 0.25) is 0 Å². The number of carboxylic acids is 2. The second-order valence-electron chi connectivity index (χ2n) is 5.48. The van der Waals surface area contributed by atoms with Gasteiger partial charge in [-0.1, -0.05) is 13.8 Å². The zero-order chi connectivity index (χ0) is 18.2. The van der Waals surface area contributed by atoms with Gasteiger partial charge in [0.15, 0.2) is 0 Å². The van der Waals surface area contributed by atoms with Crippen LogP contribution in [-0.2, 0) is 19.2 Å². The number of rotatable bonds is 10. The smallest absolute Gasteiger partial charge is 0.326 e. The number of aliphatic carboxylic acids is 2. The fourth-order valence-corrected chi connectivity index (χ4v) is 1.98. The zero-order valence-corrected chi connectivity index (χ0v) is 13.9. The van der Waals surface area contributed by atoms with Crippen LogP contribution in [-0.4, -0.2) is 57.8 Å². The second-order valence-corrected chi connectivity index (χ2v) is 5.84. The number of carboxylic acid groups (broad SMARTS) is 2. The van der Waals surface area contributed by atoms with E-state index in [1.807, 2.05) is 13.8 Å². The van der Waals surface area contributed by atoms with Crippen LogP contribution in [0.1, 0.15) is 26.7 Å². The molecular weight excluding hydrogens is 326 g/mol. The highest BCUT2D eigenvalue weighted by atomic mass is 32.1. The normalized spacial score (nSPS) is 14.7. The molecule has 3 atom stereocenters. The first-order chi connectivity index (χ1) is 10.6. The number of carbonyl (C=O) groups excluding carboxylic acids is 2. The Balaban J connectivity index is 4.75. The number of nitrogens with two attached hydrogens (primary N) is 1. The van der Waals surface area contributed by atoms with Crippen LogP contribution < -0.4 is 16.4 Å². The number of hydrogen-bond donors (Lipinski definition) is 6. The fourth-order valence-electron chi connectivity index (χ4n) is 1.72. The molecule has 0 aromatic carbocycles. The minimum atomic E-state index is -1.31. The van der Waals surface area contributed by atoms with Gasteiger partial charge in [0.2, 0.25) is 11.8 Å². The maximum Gasteiger partial charge on any atom is 0.326 e. The van der Waals surface area contributed by atoms with Crippen molar-refractivity contribution in [3.8, 4) is 0 Å². The van der Waals surface area contributed by atoms with E-state index in [0.717, 1.165) is 0 Å². The summed E-state index contributed by atoms with van der Waals surface area (Å²) in [5.74, 6) is -4.02. The van der Waals surface area contributed by atoms with Crippen molar-refractivity contribution in [1.29, 1.82) is 0 Å². The highest BCUT2D eigenvalue weighted by Gasteiger charge is 2.28. The fraction of sp³-hybridized carbons (Fsp3) is 0.692. The molecule has 6 N–H and O–H groups in total. The van der Waals surface area contributed by atoms with E-state index in [2.05, 4.69) is 23.3 Å². The number of hydrogen-bond acceptors (Lipinski definition) is 6. The van der Waals surface area contributed by atoms with Crippen LogP contribution in [0, 0.1) is 5.92 Å². The van der Waals surface area contributed by atoms with E-state index in [1.165, 1.54) is 0 Å². The van der Waals surface area contributed by atoms with Crippen molar-refractivity contribution in [3.05, 3.63) is 0 Å². The Kier molecular flexibility index (Phi) is 9.27. The standard InChI is InChI=1S/C13H23N3O6S/c1-6(2)3-8(13(21)22)15-12(20)9(5-23)16-11(19)7(14)4-10(17)18/h6-9,23H,3-5,14H2,1-2H3,(H,15,20)(H,16,19)(H,17,18)(H,21,22)/t7-,8-,9-/m0/s1. The van der Waals surface area contributed by atoms with E-state index >= 15 is 0 Å². The Hall–Kier alpha value is -1.81. The van der Waals surface area contributed by atoms with Gasteiger partial charge in [0.25, 0.3) is 0 Å². The molecule has 0 heterocycles. The maximum absolute atomic E-state index is 12.1. The van der Waals surface area contributed by atoms with Crippen molar-refractivity contribution in [1.82, 2.24) is 10.6 Å². The SMILES string of the molecule is CC(C)C[C@H](NC(=O)[C@H](CS)NC(=O)[C@@H](N)CC(=O)O)C(=O)O. The molecule has 0 saturated carbocycles. The summed E-state index contributed by atoms with van der Waals surface area (Å²) in [6, 6.07) is -3.51. The molecule has 0 aromatic heterocycles. The molecule has 0 radical (unpaired) electrons. The Morgan fingerprint density at radius 2 is 1.57 bits per heavy atom. The predicted molar refractivity (Wildman–Crippen MR) is 85.0 cm³/mol. The summed E-state index contributed by atoms with van der Waals surface area (Å²) in [6.07, 6.45) is -0.356. The first-order valence-electron chi connectivity index (χ1n) is 7.00. The zero-order valence-electron chi connectivity index (χ0n) is 13.0. The van der Waals surface area contributed by atoms with Crippen LogP contribution in [0.3, 0.4) is 0 Å². The van der Waals surface area contributed by atoms with Gasteiger partial charge >= 0.3 is 11.9 Å². The summed E-state index contributed by atoms with van der Waals surface area (Å²) < 4.78 is 0. The van der Waals surface area contributed by atoms with Gasteiger partial charge in [-0.25, -0.2) is 4.79 Å². The molecule has 0 aliphatic rings. The van der Waals surface area contributed by atoms with Gasteiger partial charge in [-0.05, 0) is 12.3 Å². The van der Waals surface area contributed by atoms with Gasteiger partial charge < -0.3 is 26.6 Å². The minimum Gasteiger partial charge on any atom is -0.481 e. The largest absolute Gasteiger partial charge is 0.481 e. The van der Waals surface area contributed by atoms with E-state index in [4.69, 9.17) is 15.9 Å². The van der Waals surface area contributed by atoms with Gasteiger partial charge in [-0.3, -0.25) is 14.4 Å². The molecule has 0 spiro atoms. The molecule has 0 saturated heterocycles. The van der Waals surface area contributed by atoms with Crippen molar-refractivity contribution in [3.63, 3.8) is 0 Å². The lowest BCUT2D eigenvalue weighted by atomic mass is 10.0. The van der Waals surface area contributed by atoms with E-state index in [-0.39, 0.29) is 18.1 Å². The summed E-state index contributed by atoms with van der Waals surface area (Å²) in [4.78, 5) is 45.4. The monoisotopic (exact) mass is 349 g/mol. The second kappa shape index (κ2) is 10.1. The molecule has 0 unspecified atom stereocenters. The highest BCUT2D eigenvalue weighted by molar-refractivity contribution is 7.80. The lowest BCUT2D eigenvalue weighted by molar-refractivity contribution is -0.143. The van der Waals surface area contributed by atoms with E-state index in [0.29, 0.717) is 0 Å². The van der Waals surface area contributed by atoms with Crippen molar-refractivity contribution in [2.75, 3.05) is 5.75 Å². The first-order valence-corrected chi connectivity index (χ1v) is 7.63. The van der Waals surface area contributed by atoms with Crippen molar-refractivity contribution in [2.24, 2.45) is 11.7 Å². The van der Waals surface area contributed by atoms with Gasteiger partial charge in [-0.2, -0.15) is 12.6 Å². The van der Waals surface area contributed by atoms with Crippen LogP contribution in [0.25, 0.3) is 0 Å². The molecule has 0 fully saturated rings. The summed E-state index contributed by atoms with van der Waals surface area (Å²) in [5, 5.41) is 22.3. The average molecular weight is 349 g/mol. The molecule has 0 aromatic rings. The van der Waals surface area contributed by atoms with Crippen LogP contribution in [0.4, 0.5) is 0 Å². The third-order valence-corrected chi connectivity index (χ3v) is 3.23. The lowest BCUT2D eigenvalue weighted by Crippen LogP contribution is -2.55. The Morgan fingerprint density at radius 3 is 1.96 bits per heavy atom. The summed E-state index contributed by atoms with van der Waals surface area (Å²) >= 11 is 3.93.